The molecule has 0 fully saturated rings. The molecule has 156 valence electrons. The molecule has 0 bridgehead atoms. The highest BCUT2D eigenvalue weighted by molar-refractivity contribution is 7.88. The maximum Gasteiger partial charge on any atom is 0.338 e. The molecule has 0 aliphatic heterocycles. The first-order chi connectivity index (χ1) is 13.6. The molecular weight excluding hydrogens is 399 g/mol. The number of esters is 1. The van der Waals surface area contributed by atoms with Crippen LogP contribution in [0.4, 0.5) is 10.1 Å². The molecule has 0 radical (unpaired) electrons. The van der Waals surface area contributed by atoms with Gasteiger partial charge in [-0.25, -0.2) is 17.6 Å². The fourth-order valence-corrected chi connectivity index (χ4v) is 3.33. The largest absolute Gasteiger partial charge is 0.462 e. The highest BCUT2D eigenvalue weighted by Gasteiger charge is 2.22. The van der Waals surface area contributed by atoms with Crippen molar-refractivity contribution in [2.24, 2.45) is 0 Å². The number of carbonyl (C=O) groups excluding carboxylic acids is 2. The van der Waals surface area contributed by atoms with E-state index in [9.17, 15) is 22.4 Å². The van der Waals surface area contributed by atoms with Gasteiger partial charge in [-0.1, -0.05) is 18.2 Å². The monoisotopic (exact) mass is 422 g/mol. The normalized spacial score (nSPS) is 11.3. The third kappa shape index (κ3) is 6.37. The van der Waals surface area contributed by atoms with E-state index in [0.717, 1.165) is 10.6 Å². The van der Waals surface area contributed by atoms with Crippen molar-refractivity contribution in [3.63, 3.8) is 0 Å². The second-order valence-corrected chi connectivity index (χ2v) is 8.40. The minimum Gasteiger partial charge on any atom is -0.462 e. The molecule has 2 rings (SSSR count). The minimum atomic E-state index is -3.76. The molecule has 29 heavy (non-hydrogen) atoms. The maximum absolute atomic E-state index is 13.9. The van der Waals surface area contributed by atoms with E-state index < -0.39 is 34.3 Å². The summed E-state index contributed by atoms with van der Waals surface area (Å²) in [5, 5.41) is 2.62. The van der Waals surface area contributed by atoms with E-state index >= 15 is 0 Å². The van der Waals surface area contributed by atoms with Crippen molar-refractivity contribution < 1.29 is 27.1 Å². The van der Waals surface area contributed by atoms with Crippen molar-refractivity contribution in [2.75, 3.05) is 24.7 Å². The topological polar surface area (TPSA) is 92.8 Å². The first-order valence-corrected chi connectivity index (χ1v) is 10.7. The number of nitrogens with zero attached hydrogens (tertiary/aromatic N) is 1. The second-order valence-electron chi connectivity index (χ2n) is 6.42. The van der Waals surface area contributed by atoms with Gasteiger partial charge in [-0.3, -0.25) is 4.79 Å². The molecule has 0 aromatic heterocycles. The first kappa shape index (κ1) is 22.5. The third-order valence-corrected chi connectivity index (χ3v) is 5.30. The Bertz CT molecular complexity index is 1010. The van der Waals surface area contributed by atoms with E-state index in [1.807, 2.05) is 0 Å². The zero-order valence-electron chi connectivity index (χ0n) is 16.4. The molecule has 0 heterocycles. The van der Waals surface area contributed by atoms with Crippen LogP contribution in [-0.2, 0) is 26.1 Å². The van der Waals surface area contributed by atoms with Crippen LogP contribution in [0.1, 0.15) is 28.4 Å². The first-order valence-electron chi connectivity index (χ1n) is 8.88. The van der Waals surface area contributed by atoms with Crippen molar-refractivity contribution in [3.05, 3.63) is 65.0 Å². The SMILES string of the molecule is CCOC(=O)c1ccc(NC(=O)CN(Cc2ccccc2F)S(C)(=O)=O)c(C)c1. The Morgan fingerprint density at radius 1 is 1.17 bits per heavy atom. The number of hydrogen-bond donors (Lipinski definition) is 1. The molecule has 2 aromatic rings. The average Bonchev–Trinajstić information content (AvgIpc) is 2.64. The van der Waals surface area contributed by atoms with Gasteiger partial charge in [0.25, 0.3) is 0 Å². The summed E-state index contributed by atoms with van der Waals surface area (Å²) in [7, 11) is -3.76. The molecule has 0 atom stereocenters. The Kier molecular flexibility index (Phi) is 7.46. The van der Waals surface area contributed by atoms with Gasteiger partial charge in [0.1, 0.15) is 5.82 Å². The third-order valence-electron chi connectivity index (χ3n) is 4.11. The molecular formula is C20H23FN2O5S. The molecule has 0 saturated heterocycles. The number of halogens is 1. The lowest BCUT2D eigenvalue weighted by Gasteiger charge is -2.20. The van der Waals surface area contributed by atoms with Crippen LogP contribution in [0.2, 0.25) is 0 Å². The quantitative estimate of drug-likeness (QED) is 0.661. The summed E-state index contributed by atoms with van der Waals surface area (Å²) >= 11 is 0. The number of aryl methyl sites for hydroxylation is 1. The summed E-state index contributed by atoms with van der Waals surface area (Å²) in [5.41, 5.74) is 1.56. The van der Waals surface area contributed by atoms with Gasteiger partial charge >= 0.3 is 5.97 Å². The Morgan fingerprint density at radius 2 is 1.86 bits per heavy atom. The Morgan fingerprint density at radius 3 is 2.45 bits per heavy atom. The van der Waals surface area contributed by atoms with Crippen LogP contribution in [0.3, 0.4) is 0 Å². The number of anilines is 1. The van der Waals surface area contributed by atoms with Crippen LogP contribution in [0.25, 0.3) is 0 Å². The van der Waals surface area contributed by atoms with Gasteiger partial charge in [0.05, 0.1) is 25.0 Å². The molecule has 7 nitrogen and oxygen atoms in total. The summed E-state index contributed by atoms with van der Waals surface area (Å²) in [5.74, 6) is -1.60. The van der Waals surface area contributed by atoms with Crippen molar-refractivity contribution in [2.45, 2.75) is 20.4 Å². The van der Waals surface area contributed by atoms with Crippen LogP contribution in [0.15, 0.2) is 42.5 Å². The van der Waals surface area contributed by atoms with E-state index in [-0.39, 0.29) is 18.7 Å². The standard InChI is InChI=1S/C20H23FN2O5S/c1-4-28-20(25)15-9-10-18(14(2)11-15)22-19(24)13-23(29(3,26)27)12-16-7-5-6-8-17(16)21/h5-11H,4,12-13H2,1-3H3,(H,22,24). The van der Waals surface area contributed by atoms with E-state index in [2.05, 4.69) is 5.32 Å². The number of hydrogen-bond acceptors (Lipinski definition) is 5. The van der Waals surface area contributed by atoms with E-state index in [0.29, 0.717) is 16.8 Å². The van der Waals surface area contributed by atoms with Crippen LogP contribution in [-0.4, -0.2) is 44.0 Å². The maximum atomic E-state index is 13.9. The summed E-state index contributed by atoms with van der Waals surface area (Å²) in [6, 6.07) is 10.4. The van der Waals surface area contributed by atoms with Gasteiger partial charge in [-0.15, -0.1) is 0 Å². The van der Waals surface area contributed by atoms with Gasteiger partial charge in [-0.05, 0) is 43.7 Å². The van der Waals surface area contributed by atoms with Gasteiger partial charge in [0, 0.05) is 17.8 Å². The van der Waals surface area contributed by atoms with Gasteiger partial charge in [-0.2, -0.15) is 4.31 Å². The zero-order valence-corrected chi connectivity index (χ0v) is 17.3. The number of ether oxygens (including phenoxy) is 1. The number of sulfonamides is 1. The molecule has 0 aliphatic rings. The molecule has 2 aromatic carbocycles. The predicted octanol–water partition coefficient (Wildman–Crippen LogP) is 2.71. The average molecular weight is 422 g/mol. The number of amides is 1. The van der Waals surface area contributed by atoms with Crippen molar-refractivity contribution in [1.29, 1.82) is 0 Å². The number of nitrogens with one attached hydrogen (secondary N) is 1. The number of carbonyl (C=O) groups is 2. The van der Waals surface area contributed by atoms with Crippen LogP contribution in [0, 0.1) is 12.7 Å². The molecule has 1 amide bonds. The zero-order chi connectivity index (χ0) is 21.6. The fourth-order valence-electron chi connectivity index (χ4n) is 2.60. The Balaban J connectivity index is 2.12. The molecule has 0 spiro atoms. The van der Waals surface area contributed by atoms with Crippen LogP contribution < -0.4 is 5.32 Å². The lowest BCUT2D eigenvalue weighted by molar-refractivity contribution is -0.116. The summed E-state index contributed by atoms with van der Waals surface area (Å²) in [4.78, 5) is 24.2. The summed E-state index contributed by atoms with van der Waals surface area (Å²) in [6.45, 7) is 2.91. The number of rotatable bonds is 8. The Hall–Kier alpha value is -2.78. The van der Waals surface area contributed by atoms with E-state index in [1.165, 1.54) is 24.3 Å². The van der Waals surface area contributed by atoms with Crippen molar-refractivity contribution in [3.8, 4) is 0 Å². The summed E-state index contributed by atoms with van der Waals surface area (Å²) in [6.07, 6.45) is 0.959. The van der Waals surface area contributed by atoms with Gasteiger partial charge < -0.3 is 10.1 Å². The minimum absolute atomic E-state index is 0.167. The van der Waals surface area contributed by atoms with Gasteiger partial charge in [0.15, 0.2) is 0 Å². The molecule has 0 unspecified atom stereocenters. The smallest absolute Gasteiger partial charge is 0.338 e. The van der Waals surface area contributed by atoms with Crippen molar-refractivity contribution >= 4 is 27.6 Å². The molecule has 9 heteroatoms. The Labute approximate surface area is 169 Å². The lowest BCUT2D eigenvalue weighted by Crippen LogP contribution is -2.37. The van der Waals surface area contributed by atoms with Crippen molar-refractivity contribution in [1.82, 2.24) is 4.31 Å². The van der Waals surface area contributed by atoms with Gasteiger partial charge in [0.2, 0.25) is 15.9 Å². The molecule has 1 N–H and O–H groups in total. The van der Waals surface area contributed by atoms with Crippen LogP contribution in [0.5, 0.6) is 0 Å². The summed E-state index contributed by atoms with van der Waals surface area (Å²) < 4.78 is 43.8. The highest BCUT2D eigenvalue weighted by Crippen LogP contribution is 2.18. The predicted molar refractivity (Wildman–Crippen MR) is 107 cm³/mol. The fraction of sp³-hybridized carbons (Fsp3) is 0.300. The second kappa shape index (κ2) is 9.62. The highest BCUT2D eigenvalue weighted by atomic mass is 32.2. The lowest BCUT2D eigenvalue weighted by atomic mass is 10.1. The number of benzene rings is 2. The van der Waals surface area contributed by atoms with E-state index in [4.69, 9.17) is 4.74 Å². The molecule has 0 saturated carbocycles. The van der Waals surface area contributed by atoms with Crippen LogP contribution >= 0.6 is 0 Å². The van der Waals surface area contributed by atoms with E-state index in [1.54, 1.807) is 32.0 Å². The molecule has 0 aliphatic carbocycles.